The second-order valence-corrected chi connectivity index (χ2v) is 4.56. The second-order valence-electron chi connectivity index (χ2n) is 4.56. The molecule has 3 nitrogen and oxygen atoms in total. The number of aromatic hydroxyl groups is 1. The molecule has 0 spiro atoms. The van der Waals surface area contributed by atoms with Gasteiger partial charge in [0.25, 0.3) is 0 Å². The van der Waals surface area contributed by atoms with Gasteiger partial charge in [0.1, 0.15) is 5.75 Å². The van der Waals surface area contributed by atoms with Gasteiger partial charge in [-0.15, -0.1) is 0 Å². The maximum atomic E-state index is 9.95. The van der Waals surface area contributed by atoms with E-state index in [0.717, 1.165) is 22.5 Å². The van der Waals surface area contributed by atoms with Crippen molar-refractivity contribution in [3.63, 3.8) is 0 Å². The van der Waals surface area contributed by atoms with Gasteiger partial charge in [-0.25, -0.2) is 0 Å². The molecule has 3 heteroatoms. The molecule has 18 heavy (non-hydrogen) atoms. The van der Waals surface area contributed by atoms with E-state index in [9.17, 15) is 5.11 Å². The van der Waals surface area contributed by atoms with Crippen LogP contribution in [0.15, 0.2) is 36.5 Å². The van der Waals surface area contributed by atoms with Crippen molar-refractivity contribution in [1.29, 1.82) is 0 Å². The molecular weight excluding hydrogens is 224 g/mol. The number of nitrogens with one attached hydrogen (secondary N) is 1. The number of phenolic OH excluding ortho intramolecular Hbond substituents is 1. The maximum Gasteiger partial charge on any atom is 0.121 e. The van der Waals surface area contributed by atoms with Gasteiger partial charge >= 0.3 is 0 Å². The summed E-state index contributed by atoms with van der Waals surface area (Å²) >= 11 is 0. The summed E-state index contributed by atoms with van der Waals surface area (Å²) < 4.78 is 0. The summed E-state index contributed by atoms with van der Waals surface area (Å²) in [6.07, 6.45) is 1.77. The zero-order valence-corrected chi connectivity index (χ0v) is 10.9. The van der Waals surface area contributed by atoms with Crippen LogP contribution in [-0.2, 0) is 0 Å². The van der Waals surface area contributed by atoms with Gasteiger partial charge in [-0.3, -0.25) is 4.98 Å². The highest BCUT2D eigenvalue weighted by molar-refractivity contribution is 5.50. The van der Waals surface area contributed by atoms with E-state index in [4.69, 9.17) is 0 Å². The van der Waals surface area contributed by atoms with Gasteiger partial charge < -0.3 is 10.4 Å². The van der Waals surface area contributed by atoms with Crippen molar-refractivity contribution in [3.8, 4) is 5.75 Å². The monoisotopic (exact) mass is 242 g/mol. The normalized spacial score (nSPS) is 12.2. The number of anilines is 1. The minimum absolute atomic E-state index is 0.0356. The minimum atomic E-state index is 0.0356. The molecule has 0 aliphatic heterocycles. The molecule has 2 aromatic rings. The summed E-state index contributed by atoms with van der Waals surface area (Å²) in [6, 6.07) is 9.66. The van der Waals surface area contributed by atoms with Crippen molar-refractivity contribution in [2.24, 2.45) is 0 Å². The molecule has 0 bridgehead atoms. The molecular formula is C15H18N2O. The van der Waals surface area contributed by atoms with Gasteiger partial charge in [0.2, 0.25) is 0 Å². The van der Waals surface area contributed by atoms with E-state index < -0.39 is 0 Å². The molecule has 2 N–H and O–H groups in total. The standard InChI is InChI=1S/C15H18N2O/c1-10-6-7-13(15(18)9-10)11(2)17-14-5-4-8-16-12(14)3/h4-9,11,17-18H,1-3H3. The average molecular weight is 242 g/mol. The van der Waals surface area contributed by atoms with Crippen LogP contribution in [0.25, 0.3) is 0 Å². The van der Waals surface area contributed by atoms with E-state index in [1.54, 1.807) is 12.3 Å². The number of rotatable bonds is 3. The number of aromatic nitrogens is 1. The van der Waals surface area contributed by atoms with Crippen LogP contribution in [0.1, 0.15) is 29.8 Å². The third-order valence-corrected chi connectivity index (χ3v) is 3.03. The summed E-state index contributed by atoms with van der Waals surface area (Å²) in [5, 5.41) is 13.3. The fourth-order valence-corrected chi connectivity index (χ4v) is 1.97. The van der Waals surface area contributed by atoms with Gasteiger partial charge in [-0.1, -0.05) is 12.1 Å². The summed E-state index contributed by atoms with van der Waals surface area (Å²) in [4.78, 5) is 4.24. The van der Waals surface area contributed by atoms with Gasteiger partial charge in [0.15, 0.2) is 0 Å². The molecule has 1 heterocycles. The van der Waals surface area contributed by atoms with Crippen molar-refractivity contribution < 1.29 is 5.11 Å². The van der Waals surface area contributed by atoms with Crippen LogP contribution in [0.2, 0.25) is 0 Å². The number of phenols is 1. The molecule has 1 aromatic heterocycles. The first kappa shape index (κ1) is 12.4. The van der Waals surface area contributed by atoms with Crippen LogP contribution in [0.4, 0.5) is 5.69 Å². The van der Waals surface area contributed by atoms with Crippen LogP contribution in [0.3, 0.4) is 0 Å². The fourth-order valence-electron chi connectivity index (χ4n) is 1.97. The maximum absolute atomic E-state index is 9.95. The van der Waals surface area contributed by atoms with E-state index in [0.29, 0.717) is 5.75 Å². The molecule has 0 saturated carbocycles. The molecule has 1 atom stereocenters. The molecule has 1 unspecified atom stereocenters. The lowest BCUT2D eigenvalue weighted by molar-refractivity contribution is 0.465. The number of benzene rings is 1. The van der Waals surface area contributed by atoms with Gasteiger partial charge in [0, 0.05) is 11.8 Å². The second kappa shape index (κ2) is 5.08. The first-order chi connectivity index (χ1) is 8.58. The zero-order chi connectivity index (χ0) is 13.1. The molecule has 2 rings (SSSR count). The SMILES string of the molecule is Cc1ccc(C(C)Nc2cccnc2C)c(O)c1. The Balaban J connectivity index is 2.22. The molecule has 94 valence electrons. The number of pyridine rings is 1. The quantitative estimate of drug-likeness (QED) is 0.864. The highest BCUT2D eigenvalue weighted by Crippen LogP contribution is 2.28. The Morgan fingerprint density at radius 2 is 2.00 bits per heavy atom. The van der Waals surface area contributed by atoms with Crippen LogP contribution in [0.5, 0.6) is 5.75 Å². The highest BCUT2D eigenvalue weighted by Gasteiger charge is 2.11. The average Bonchev–Trinajstić information content (AvgIpc) is 2.32. The Hall–Kier alpha value is -2.03. The third kappa shape index (κ3) is 2.62. The van der Waals surface area contributed by atoms with Crippen molar-refractivity contribution in [2.45, 2.75) is 26.8 Å². The molecule has 0 saturated heterocycles. The van der Waals surface area contributed by atoms with Crippen molar-refractivity contribution >= 4 is 5.69 Å². The van der Waals surface area contributed by atoms with E-state index in [1.807, 2.05) is 45.0 Å². The summed E-state index contributed by atoms with van der Waals surface area (Å²) in [7, 11) is 0. The van der Waals surface area contributed by atoms with E-state index in [-0.39, 0.29) is 6.04 Å². The molecule has 1 aromatic carbocycles. The Bertz CT molecular complexity index is 552. The Morgan fingerprint density at radius 3 is 2.67 bits per heavy atom. The van der Waals surface area contributed by atoms with Crippen molar-refractivity contribution in [1.82, 2.24) is 4.98 Å². The molecule has 0 radical (unpaired) electrons. The van der Waals surface area contributed by atoms with Crippen LogP contribution in [-0.4, -0.2) is 10.1 Å². The third-order valence-electron chi connectivity index (χ3n) is 3.03. The lowest BCUT2D eigenvalue weighted by atomic mass is 10.0. The number of nitrogens with zero attached hydrogens (tertiary/aromatic N) is 1. The Morgan fingerprint density at radius 1 is 1.22 bits per heavy atom. The molecule has 0 aliphatic rings. The van der Waals surface area contributed by atoms with E-state index in [2.05, 4.69) is 10.3 Å². The predicted molar refractivity (Wildman–Crippen MR) is 73.9 cm³/mol. The highest BCUT2D eigenvalue weighted by atomic mass is 16.3. The van der Waals surface area contributed by atoms with Crippen LogP contribution in [0, 0.1) is 13.8 Å². The lowest BCUT2D eigenvalue weighted by Gasteiger charge is -2.18. The van der Waals surface area contributed by atoms with Crippen LogP contribution >= 0.6 is 0 Å². The first-order valence-corrected chi connectivity index (χ1v) is 6.05. The van der Waals surface area contributed by atoms with Crippen molar-refractivity contribution in [3.05, 3.63) is 53.3 Å². The summed E-state index contributed by atoms with van der Waals surface area (Å²) in [5.41, 5.74) is 3.89. The summed E-state index contributed by atoms with van der Waals surface area (Å²) in [6.45, 7) is 5.95. The predicted octanol–water partition coefficient (Wildman–Crippen LogP) is 3.58. The Kier molecular flexibility index (Phi) is 3.51. The largest absolute Gasteiger partial charge is 0.508 e. The molecule has 0 amide bonds. The van der Waals surface area contributed by atoms with Gasteiger partial charge in [-0.05, 0) is 44.5 Å². The zero-order valence-electron chi connectivity index (χ0n) is 10.9. The van der Waals surface area contributed by atoms with Gasteiger partial charge in [0.05, 0.1) is 17.4 Å². The number of aryl methyl sites for hydroxylation is 2. The number of hydrogen-bond donors (Lipinski definition) is 2. The van der Waals surface area contributed by atoms with Crippen LogP contribution < -0.4 is 5.32 Å². The lowest BCUT2D eigenvalue weighted by Crippen LogP contribution is -2.08. The van der Waals surface area contributed by atoms with E-state index in [1.165, 1.54) is 0 Å². The smallest absolute Gasteiger partial charge is 0.121 e. The molecule has 0 aliphatic carbocycles. The number of hydrogen-bond acceptors (Lipinski definition) is 3. The van der Waals surface area contributed by atoms with E-state index >= 15 is 0 Å². The Labute approximate surface area is 108 Å². The van der Waals surface area contributed by atoms with Crippen molar-refractivity contribution in [2.75, 3.05) is 5.32 Å². The molecule has 0 fully saturated rings. The first-order valence-electron chi connectivity index (χ1n) is 6.05. The topological polar surface area (TPSA) is 45.2 Å². The van der Waals surface area contributed by atoms with Gasteiger partial charge in [-0.2, -0.15) is 0 Å². The summed E-state index contributed by atoms with van der Waals surface area (Å²) in [5.74, 6) is 0.330. The minimum Gasteiger partial charge on any atom is -0.508 e. The fraction of sp³-hybridized carbons (Fsp3) is 0.267.